The molecule has 0 aliphatic rings. The minimum Gasteiger partial charge on any atom is -0.385 e. The zero-order valence-corrected chi connectivity index (χ0v) is 9.16. The Hall–Kier alpha value is -0.820. The molecule has 0 spiro atoms. The Morgan fingerprint density at radius 2 is 1.79 bits per heavy atom. The molecule has 1 nitrogen and oxygen atoms in total. The van der Waals surface area contributed by atoms with Gasteiger partial charge in [-0.2, -0.15) is 0 Å². The van der Waals surface area contributed by atoms with Crippen molar-refractivity contribution in [1.82, 2.24) is 0 Å². The van der Waals surface area contributed by atoms with Gasteiger partial charge in [-0.1, -0.05) is 57.0 Å². The first kappa shape index (κ1) is 11.3. The van der Waals surface area contributed by atoms with Crippen LogP contribution in [-0.2, 0) is 5.60 Å². The van der Waals surface area contributed by atoms with Crippen LogP contribution in [0, 0.1) is 0 Å². The first-order valence-electron chi connectivity index (χ1n) is 5.51. The van der Waals surface area contributed by atoms with Gasteiger partial charge in [-0.3, -0.25) is 0 Å². The van der Waals surface area contributed by atoms with Crippen molar-refractivity contribution in [3.63, 3.8) is 0 Å². The summed E-state index contributed by atoms with van der Waals surface area (Å²) in [6.45, 7) is 4.20. The third kappa shape index (κ3) is 2.58. The lowest BCUT2D eigenvalue weighted by Crippen LogP contribution is -2.24. The van der Waals surface area contributed by atoms with E-state index in [1.807, 2.05) is 37.3 Å². The second-order valence-electron chi connectivity index (χ2n) is 3.85. The Kier molecular flexibility index (Phi) is 4.15. The summed E-state index contributed by atoms with van der Waals surface area (Å²) in [6.07, 6.45) is 3.87. The van der Waals surface area contributed by atoms with Crippen molar-refractivity contribution in [2.45, 2.75) is 45.1 Å². The quantitative estimate of drug-likeness (QED) is 0.757. The molecule has 0 fully saturated rings. The molecule has 1 aromatic carbocycles. The van der Waals surface area contributed by atoms with E-state index in [4.69, 9.17) is 0 Å². The van der Waals surface area contributed by atoms with Gasteiger partial charge in [0.25, 0.3) is 0 Å². The average molecular weight is 192 g/mol. The van der Waals surface area contributed by atoms with Crippen LogP contribution in [0.2, 0.25) is 0 Å². The molecule has 1 unspecified atom stereocenters. The van der Waals surface area contributed by atoms with Crippen LogP contribution < -0.4 is 0 Å². The van der Waals surface area contributed by atoms with Crippen LogP contribution >= 0.6 is 0 Å². The van der Waals surface area contributed by atoms with Gasteiger partial charge < -0.3 is 5.11 Å². The van der Waals surface area contributed by atoms with Crippen molar-refractivity contribution in [3.05, 3.63) is 35.9 Å². The van der Waals surface area contributed by atoms with Crippen LogP contribution in [0.5, 0.6) is 0 Å². The molecule has 0 saturated carbocycles. The molecule has 0 aliphatic heterocycles. The van der Waals surface area contributed by atoms with Crippen molar-refractivity contribution in [2.75, 3.05) is 0 Å². The van der Waals surface area contributed by atoms with E-state index in [0.29, 0.717) is 0 Å². The van der Waals surface area contributed by atoms with E-state index in [1.54, 1.807) is 0 Å². The topological polar surface area (TPSA) is 20.2 Å². The number of hydrogen-bond acceptors (Lipinski definition) is 1. The molecule has 0 saturated heterocycles. The standard InChI is InChI=1S/C13H20O/c1-3-5-11-13(14,4-2)12-9-7-6-8-10-12/h6-10,14H,3-5,11H2,1-2H3. The van der Waals surface area contributed by atoms with E-state index >= 15 is 0 Å². The SMILES string of the molecule is CCCCC(O)(CC)c1ccccc1. The van der Waals surface area contributed by atoms with Crippen LogP contribution in [0.15, 0.2) is 30.3 Å². The zero-order valence-electron chi connectivity index (χ0n) is 9.16. The van der Waals surface area contributed by atoms with E-state index in [-0.39, 0.29) is 0 Å². The molecule has 0 heterocycles. The summed E-state index contributed by atoms with van der Waals surface area (Å²) in [5.41, 5.74) is 0.438. The van der Waals surface area contributed by atoms with Gasteiger partial charge in [0.15, 0.2) is 0 Å². The second kappa shape index (κ2) is 5.16. The highest BCUT2D eigenvalue weighted by molar-refractivity contribution is 5.21. The molecule has 14 heavy (non-hydrogen) atoms. The Morgan fingerprint density at radius 3 is 2.29 bits per heavy atom. The maximum absolute atomic E-state index is 10.4. The molecular weight excluding hydrogens is 172 g/mol. The fraction of sp³-hybridized carbons (Fsp3) is 0.538. The Morgan fingerprint density at radius 1 is 1.14 bits per heavy atom. The van der Waals surface area contributed by atoms with E-state index in [0.717, 1.165) is 31.2 Å². The predicted molar refractivity (Wildman–Crippen MR) is 60.2 cm³/mol. The fourth-order valence-corrected chi connectivity index (χ4v) is 1.74. The van der Waals surface area contributed by atoms with Crippen LogP contribution in [0.25, 0.3) is 0 Å². The molecular formula is C13H20O. The van der Waals surface area contributed by atoms with Crippen LogP contribution in [0.1, 0.15) is 45.1 Å². The number of hydrogen-bond donors (Lipinski definition) is 1. The third-order valence-corrected chi connectivity index (χ3v) is 2.84. The van der Waals surface area contributed by atoms with Gasteiger partial charge in [0.05, 0.1) is 5.60 Å². The van der Waals surface area contributed by atoms with Gasteiger partial charge in [0, 0.05) is 0 Å². The monoisotopic (exact) mass is 192 g/mol. The van der Waals surface area contributed by atoms with Crippen molar-refractivity contribution in [1.29, 1.82) is 0 Å². The van der Waals surface area contributed by atoms with Crippen molar-refractivity contribution in [3.8, 4) is 0 Å². The largest absolute Gasteiger partial charge is 0.385 e. The average Bonchev–Trinajstić information content (AvgIpc) is 2.27. The fourth-order valence-electron chi connectivity index (χ4n) is 1.74. The smallest absolute Gasteiger partial charge is 0.0893 e. The molecule has 78 valence electrons. The first-order chi connectivity index (χ1) is 6.73. The number of benzene rings is 1. The molecule has 0 radical (unpaired) electrons. The van der Waals surface area contributed by atoms with Crippen molar-refractivity contribution < 1.29 is 5.11 Å². The Bertz CT molecular complexity index is 255. The highest BCUT2D eigenvalue weighted by Crippen LogP contribution is 2.30. The molecule has 1 N–H and O–H groups in total. The number of rotatable bonds is 5. The normalized spacial score (nSPS) is 15.1. The van der Waals surface area contributed by atoms with Gasteiger partial charge in [0.1, 0.15) is 0 Å². The van der Waals surface area contributed by atoms with Crippen molar-refractivity contribution >= 4 is 0 Å². The number of unbranched alkanes of at least 4 members (excludes halogenated alkanes) is 1. The minimum atomic E-state index is -0.614. The highest BCUT2D eigenvalue weighted by Gasteiger charge is 2.25. The maximum atomic E-state index is 10.4. The summed E-state index contributed by atoms with van der Waals surface area (Å²) in [5.74, 6) is 0. The molecule has 1 aromatic rings. The summed E-state index contributed by atoms with van der Waals surface area (Å²) < 4.78 is 0. The Labute approximate surface area is 86.8 Å². The molecule has 1 atom stereocenters. The van der Waals surface area contributed by atoms with E-state index < -0.39 is 5.60 Å². The van der Waals surface area contributed by atoms with Crippen LogP contribution in [0.4, 0.5) is 0 Å². The zero-order chi connectivity index (χ0) is 10.4. The van der Waals surface area contributed by atoms with E-state index in [2.05, 4.69) is 6.92 Å². The predicted octanol–water partition coefficient (Wildman–Crippen LogP) is 3.47. The van der Waals surface area contributed by atoms with Gasteiger partial charge in [-0.15, -0.1) is 0 Å². The third-order valence-electron chi connectivity index (χ3n) is 2.84. The highest BCUT2D eigenvalue weighted by atomic mass is 16.3. The Balaban J connectivity index is 2.79. The van der Waals surface area contributed by atoms with E-state index in [1.165, 1.54) is 0 Å². The summed E-state index contributed by atoms with van der Waals surface area (Å²) in [5, 5.41) is 10.4. The second-order valence-corrected chi connectivity index (χ2v) is 3.85. The van der Waals surface area contributed by atoms with Crippen LogP contribution in [0.3, 0.4) is 0 Å². The first-order valence-corrected chi connectivity index (χ1v) is 5.51. The van der Waals surface area contributed by atoms with Gasteiger partial charge in [-0.25, -0.2) is 0 Å². The molecule has 0 aliphatic carbocycles. The van der Waals surface area contributed by atoms with Crippen molar-refractivity contribution in [2.24, 2.45) is 0 Å². The summed E-state index contributed by atoms with van der Waals surface area (Å²) in [4.78, 5) is 0. The molecule has 0 amide bonds. The van der Waals surface area contributed by atoms with Gasteiger partial charge >= 0.3 is 0 Å². The minimum absolute atomic E-state index is 0.614. The maximum Gasteiger partial charge on any atom is 0.0893 e. The summed E-state index contributed by atoms with van der Waals surface area (Å²) in [7, 11) is 0. The lowest BCUT2D eigenvalue weighted by atomic mass is 9.86. The number of aliphatic hydroxyl groups is 1. The molecule has 1 heteroatoms. The van der Waals surface area contributed by atoms with Gasteiger partial charge in [0.2, 0.25) is 0 Å². The van der Waals surface area contributed by atoms with Gasteiger partial charge in [-0.05, 0) is 18.4 Å². The molecule has 0 bridgehead atoms. The lowest BCUT2D eigenvalue weighted by molar-refractivity contribution is 0.0211. The summed E-state index contributed by atoms with van der Waals surface area (Å²) >= 11 is 0. The van der Waals surface area contributed by atoms with E-state index in [9.17, 15) is 5.11 Å². The lowest BCUT2D eigenvalue weighted by Gasteiger charge is -2.27. The summed E-state index contributed by atoms with van der Waals surface area (Å²) in [6, 6.07) is 9.99. The molecule has 0 aromatic heterocycles. The molecule has 1 rings (SSSR count). The van der Waals surface area contributed by atoms with Crippen LogP contribution in [-0.4, -0.2) is 5.11 Å².